The van der Waals surface area contributed by atoms with E-state index in [-0.39, 0.29) is 11.5 Å². The fraction of sp³-hybridized carbons (Fsp3) is 0.588. The van der Waals surface area contributed by atoms with Gasteiger partial charge in [0, 0.05) is 23.6 Å². The Morgan fingerprint density at radius 1 is 1.24 bits per heavy atom. The summed E-state index contributed by atoms with van der Waals surface area (Å²) in [5.41, 5.74) is 6.85. The fourth-order valence-electron chi connectivity index (χ4n) is 3.80. The largest absolute Gasteiger partial charge is 0.342 e. The van der Waals surface area contributed by atoms with Crippen LogP contribution in [0.1, 0.15) is 44.1 Å². The van der Waals surface area contributed by atoms with Gasteiger partial charge in [-0.3, -0.25) is 4.79 Å². The summed E-state index contributed by atoms with van der Waals surface area (Å²) < 4.78 is 1.06. The normalized spacial score (nSPS) is 22.5. The summed E-state index contributed by atoms with van der Waals surface area (Å²) in [6.45, 7) is 1.63. The zero-order chi connectivity index (χ0) is 14.9. The standard InChI is InChI=1S/C17H23BrN2O/c18-14-5-3-4-13(12-14)17(8-1-2-9-17)16(21)20-10-6-15(19)7-11-20/h3-5,12,15H,1-2,6-11,19H2. The highest BCUT2D eigenvalue weighted by molar-refractivity contribution is 9.10. The fourth-order valence-corrected chi connectivity index (χ4v) is 4.20. The van der Waals surface area contributed by atoms with E-state index in [0.717, 1.165) is 56.1 Å². The number of piperidine rings is 1. The Labute approximate surface area is 135 Å². The van der Waals surface area contributed by atoms with Crippen molar-refractivity contribution >= 4 is 21.8 Å². The summed E-state index contributed by atoms with van der Waals surface area (Å²) in [6.07, 6.45) is 6.10. The van der Waals surface area contributed by atoms with Crippen LogP contribution in [-0.2, 0) is 10.2 Å². The molecule has 1 heterocycles. The van der Waals surface area contributed by atoms with Crippen molar-refractivity contribution in [1.82, 2.24) is 4.90 Å². The molecule has 3 nitrogen and oxygen atoms in total. The molecule has 114 valence electrons. The smallest absolute Gasteiger partial charge is 0.233 e. The van der Waals surface area contributed by atoms with E-state index in [9.17, 15) is 4.79 Å². The van der Waals surface area contributed by atoms with Crippen molar-refractivity contribution in [2.24, 2.45) is 5.73 Å². The first-order valence-electron chi connectivity index (χ1n) is 7.93. The Balaban J connectivity index is 1.88. The highest BCUT2D eigenvalue weighted by Crippen LogP contribution is 2.43. The number of carbonyl (C=O) groups excluding carboxylic acids is 1. The minimum atomic E-state index is -0.300. The summed E-state index contributed by atoms with van der Waals surface area (Å²) in [6, 6.07) is 8.57. The molecule has 1 amide bonds. The number of amides is 1. The van der Waals surface area contributed by atoms with Crippen molar-refractivity contribution in [3.8, 4) is 0 Å². The molecule has 1 aliphatic carbocycles. The first-order valence-corrected chi connectivity index (χ1v) is 8.72. The molecule has 0 aromatic heterocycles. The number of halogens is 1. The van der Waals surface area contributed by atoms with E-state index in [1.807, 2.05) is 12.1 Å². The molecule has 1 aromatic carbocycles. The van der Waals surface area contributed by atoms with Gasteiger partial charge in [-0.1, -0.05) is 40.9 Å². The van der Waals surface area contributed by atoms with Crippen LogP contribution in [0.25, 0.3) is 0 Å². The van der Waals surface area contributed by atoms with Gasteiger partial charge in [0.25, 0.3) is 0 Å². The van der Waals surface area contributed by atoms with Crippen LogP contribution in [0.4, 0.5) is 0 Å². The monoisotopic (exact) mass is 350 g/mol. The van der Waals surface area contributed by atoms with E-state index < -0.39 is 0 Å². The third kappa shape index (κ3) is 2.88. The van der Waals surface area contributed by atoms with Crippen LogP contribution < -0.4 is 5.73 Å². The topological polar surface area (TPSA) is 46.3 Å². The van der Waals surface area contributed by atoms with Gasteiger partial charge in [-0.15, -0.1) is 0 Å². The average Bonchev–Trinajstić information content (AvgIpc) is 2.98. The predicted octanol–water partition coefficient (Wildman–Crippen LogP) is 3.21. The molecule has 1 aromatic rings. The lowest BCUT2D eigenvalue weighted by molar-refractivity contribution is -0.138. The molecule has 2 N–H and O–H groups in total. The number of benzene rings is 1. The van der Waals surface area contributed by atoms with Crippen LogP contribution in [0.5, 0.6) is 0 Å². The number of likely N-dealkylation sites (tertiary alicyclic amines) is 1. The molecule has 4 heteroatoms. The molecule has 2 aliphatic rings. The van der Waals surface area contributed by atoms with Crippen molar-refractivity contribution < 1.29 is 4.79 Å². The van der Waals surface area contributed by atoms with Gasteiger partial charge in [0.15, 0.2) is 0 Å². The number of nitrogens with two attached hydrogens (primary N) is 1. The first-order chi connectivity index (χ1) is 10.1. The molecule has 2 fully saturated rings. The van der Waals surface area contributed by atoms with Crippen LogP contribution in [0.15, 0.2) is 28.7 Å². The molecule has 3 rings (SSSR count). The molecule has 1 saturated heterocycles. The van der Waals surface area contributed by atoms with E-state index in [0.29, 0.717) is 5.91 Å². The van der Waals surface area contributed by atoms with E-state index in [4.69, 9.17) is 5.73 Å². The number of nitrogens with zero attached hydrogens (tertiary/aromatic N) is 1. The van der Waals surface area contributed by atoms with Crippen LogP contribution in [0, 0.1) is 0 Å². The average molecular weight is 351 g/mol. The molecule has 21 heavy (non-hydrogen) atoms. The zero-order valence-corrected chi connectivity index (χ0v) is 13.9. The van der Waals surface area contributed by atoms with Gasteiger partial charge in [-0.2, -0.15) is 0 Å². The zero-order valence-electron chi connectivity index (χ0n) is 12.4. The minimum absolute atomic E-state index is 0.263. The molecule has 0 atom stereocenters. The maximum absolute atomic E-state index is 13.2. The van der Waals surface area contributed by atoms with Crippen molar-refractivity contribution in [3.63, 3.8) is 0 Å². The maximum atomic E-state index is 13.2. The van der Waals surface area contributed by atoms with E-state index in [2.05, 4.69) is 33.0 Å². The summed E-state index contributed by atoms with van der Waals surface area (Å²) >= 11 is 3.54. The van der Waals surface area contributed by atoms with E-state index in [1.165, 1.54) is 5.56 Å². The van der Waals surface area contributed by atoms with Crippen molar-refractivity contribution in [1.29, 1.82) is 0 Å². The molecule has 0 radical (unpaired) electrons. The Bertz CT molecular complexity index is 517. The summed E-state index contributed by atoms with van der Waals surface area (Å²) in [5, 5.41) is 0. The SMILES string of the molecule is NC1CCN(C(=O)C2(c3cccc(Br)c3)CCCC2)CC1. The molecule has 0 unspecified atom stereocenters. The number of hydrogen-bond donors (Lipinski definition) is 1. The molecular weight excluding hydrogens is 328 g/mol. The highest BCUT2D eigenvalue weighted by atomic mass is 79.9. The minimum Gasteiger partial charge on any atom is -0.342 e. The summed E-state index contributed by atoms with van der Waals surface area (Å²) in [4.78, 5) is 15.3. The van der Waals surface area contributed by atoms with E-state index in [1.54, 1.807) is 0 Å². The van der Waals surface area contributed by atoms with Crippen LogP contribution in [-0.4, -0.2) is 29.9 Å². The molecule has 1 aliphatic heterocycles. The van der Waals surface area contributed by atoms with Gasteiger partial charge in [0.1, 0.15) is 0 Å². The van der Waals surface area contributed by atoms with Crippen molar-refractivity contribution in [2.45, 2.75) is 50.0 Å². The predicted molar refractivity (Wildman–Crippen MR) is 88.1 cm³/mol. The Hall–Kier alpha value is -0.870. The van der Waals surface area contributed by atoms with Crippen molar-refractivity contribution in [2.75, 3.05) is 13.1 Å². The summed E-state index contributed by atoms with van der Waals surface area (Å²) in [5.74, 6) is 0.324. The molecule has 0 bridgehead atoms. The second kappa shape index (κ2) is 6.09. The van der Waals surface area contributed by atoms with Crippen molar-refractivity contribution in [3.05, 3.63) is 34.3 Å². The highest BCUT2D eigenvalue weighted by Gasteiger charge is 2.45. The third-order valence-corrected chi connectivity index (χ3v) is 5.56. The Morgan fingerprint density at radius 2 is 1.90 bits per heavy atom. The summed E-state index contributed by atoms with van der Waals surface area (Å²) in [7, 11) is 0. The molecular formula is C17H23BrN2O. The number of carbonyl (C=O) groups is 1. The first kappa shape index (κ1) is 15.0. The quantitative estimate of drug-likeness (QED) is 0.889. The van der Waals surface area contributed by atoms with Gasteiger partial charge in [-0.05, 0) is 43.4 Å². The molecule has 1 saturated carbocycles. The van der Waals surface area contributed by atoms with E-state index >= 15 is 0 Å². The lowest BCUT2D eigenvalue weighted by Crippen LogP contribution is -2.50. The lowest BCUT2D eigenvalue weighted by atomic mass is 9.77. The lowest BCUT2D eigenvalue weighted by Gasteiger charge is -2.38. The van der Waals surface area contributed by atoms with Gasteiger partial charge in [-0.25, -0.2) is 0 Å². The van der Waals surface area contributed by atoms with Gasteiger partial charge in [0.2, 0.25) is 5.91 Å². The number of hydrogen-bond acceptors (Lipinski definition) is 2. The van der Waals surface area contributed by atoms with Crippen LogP contribution >= 0.6 is 15.9 Å². The second-order valence-electron chi connectivity index (χ2n) is 6.43. The molecule has 0 spiro atoms. The van der Waals surface area contributed by atoms with Gasteiger partial charge < -0.3 is 10.6 Å². The van der Waals surface area contributed by atoms with Gasteiger partial charge >= 0.3 is 0 Å². The Morgan fingerprint density at radius 3 is 2.52 bits per heavy atom. The van der Waals surface area contributed by atoms with Crippen LogP contribution in [0.3, 0.4) is 0 Å². The van der Waals surface area contributed by atoms with Gasteiger partial charge in [0.05, 0.1) is 5.41 Å². The Kier molecular flexibility index (Phi) is 4.36. The maximum Gasteiger partial charge on any atom is 0.233 e. The van der Waals surface area contributed by atoms with Crippen LogP contribution in [0.2, 0.25) is 0 Å². The number of rotatable bonds is 2. The third-order valence-electron chi connectivity index (χ3n) is 5.07. The second-order valence-corrected chi connectivity index (χ2v) is 7.34.